The van der Waals surface area contributed by atoms with Crippen LogP contribution in [0.15, 0.2) is 64.9 Å². The first kappa shape index (κ1) is 20.8. The van der Waals surface area contributed by atoms with E-state index in [0.717, 1.165) is 23.0 Å². The first-order valence-corrected chi connectivity index (χ1v) is 9.66. The fraction of sp³-hybridized carbons (Fsp3) is 0.111. The normalized spacial score (nSPS) is 11.2. The lowest BCUT2D eigenvalue weighted by Crippen LogP contribution is -2.17. The molecular weight excluding hydrogens is 408 g/mol. The van der Waals surface area contributed by atoms with E-state index >= 15 is 0 Å². The highest BCUT2D eigenvalue weighted by Gasteiger charge is 2.16. The average Bonchev–Trinajstić information content (AvgIpc) is 3.10. The van der Waals surface area contributed by atoms with Crippen molar-refractivity contribution in [1.29, 1.82) is 0 Å². The Bertz CT molecular complexity index is 1080. The molecule has 0 atom stereocenters. The quantitative estimate of drug-likeness (QED) is 0.163. The molecular formula is C18H18N8O3S. The van der Waals surface area contributed by atoms with Crippen LogP contribution in [0.1, 0.15) is 12.5 Å². The highest BCUT2D eigenvalue weighted by molar-refractivity contribution is 7.99. The third kappa shape index (κ3) is 5.11. The van der Waals surface area contributed by atoms with Crippen molar-refractivity contribution < 1.29 is 9.72 Å². The van der Waals surface area contributed by atoms with Crippen molar-refractivity contribution in [2.45, 2.75) is 12.1 Å². The second kappa shape index (κ2) is 9.52. The summed E-state index contributed by atoms with van der Waals surface area (Å²) in [6.45, 7) is 1.84. The Hall–Kier alpha value is -3.93. The van der Waals surface area contributed by atoms with Crippen LogP contribution in [0.2, 0.25) is 0 Å². The predicted molar refractivity (Wildman–Crippen MR) is 115 cm³/mol. The van der Waals surface area contributed by atoms with Gasteiger partial charge >= 0.3 is 0 Å². The summed E-state index contributed by atoms with van der Waals surface area (Å²) in [7, 11) is 0. The Morgan fingerprint density at radius 2 is 1.90 bits per heavy atom. The zero-order chi connectivity index (χ0) is 21.5. The number of nitrogen functional groups attached to an aromatic ring is 1. The molecule has 12 heteroatoms. The summed E-state index contributed by atoms with van der Waals surface area (Å²) in [6, 6.07) is 15.5. The Balaban J connectivity index is 1.59. The molecule has 0 saturated carbocycles. The fourth-order valence-corrected chi connectivity index (χ4v) is 3.04. The van der Waals surface area contributed by atoms with E-state index in [9.17, 15) is 14.9 Å². The van der Waals surface area contributed by atoms with Gasteiger partial charge in [0.2, 0.25) is 11.1 Å². The van der Waals surface area contributed by atoms with Crippen LogP contribution in [-0.2, 0) is 4.79 Å². The number of para-hydroxylation sites is 2. The molecule has 0 spiro atoms. The number of nitrogens with one attached hydrogen (secondary N) is 2. The lowest BCUT2D eigenvalue weighted by molar-refractivity contribution is -0.383. The number of carbonyl (C=O) groups is 1. The number of nitrogens with two attached hydrogens (primary N) is 1. The maximum Gasteiger partial charge on any atom is 0.292 e. The highest BCUT2D eigenvalue weighted by atomic mass is 32.2. The number of hydrogen-bond donors (Lipinski definition) is 3. The lowest BCUT2D eigenvalue weighted by atomic mass is 10.1. The molecule has 0 saturated heterocycles. The van der Waals surface area contributed by atoms with Crippen molar-refractivity contribution in [3.63, 3.8) is 0 Å². The van der Waals surface area contributed by atoms with E-state index in [1.807, 2.05) is 37.3 Å². The molecule has 0 radical (unpaired) electrons. The van der Waals surface area contributed by atoms with Gasteiger partial charge in [-0.2, -0.15) is 5.10 Å². The van der Waals surface area contributed by atoms with Crippen LogP contribution in [0.3, 0.4) is 0 Å². The summed E-state index contributed by atoms with van der Waals surface area (Å²) < 4.78 is 1.17. The molecule has 0 unspecified atom stereocenters. The van der Waals surface area contributed by atoms with Crippen LogP contribution in [0.25, 0.3) is 0 Å². The number of hydrogen-bond acceptors (Lipinski definition) is 9. The third-order valence-corrected chi connectivity index (χ3v) is 4.83. The summed E-state index contributed by atoms with van der Waals surface area (Å²) >= 11 is 1.03. The highest BCUT2D eigenvalue weighted by Crippen LogP contribution is 2.24. The molecule has 0 aliphatic carbocycles. The largest absolute Gasteiger partial charge is 0.334 e. The van der Waals surface area contributed by atoms with Gasteiger partial charge in [0.15, 0.2) is 0 Å². The number of rotatable bonds is 8. The zero-order valence-electron chi connectivity index (χ0n) is 15.8. The first-order valence-electron chi connectivity index (χ1n) is 8.68. The maximum atomic E-state index is 12.2. The number of nitro benzene ring substituents is 1. The summed E-state index contributed by atoms with van der Waals surface area (Å²) in [4.78, 5) is 22.6. The van der Waals surface area contributed by atoms with E-state index in [1.165, 1.54) is 22.9 Å². The van der Waals surface area contributed by atoms with Gasteiger partial charge in [0, 0.05) is 6.07 Å². The van der Waals surface area contributed by atoms with Crippen LogP contribution >= 0.6 is 11.8 Å². The molecule has 3 aromatic rings. The van der Waals surface area contributed by atoms with Crippen molar-refractivity contribution in [3.8, 4) is 0 Å². The molecule has 1 amide bonds. The fourth-order valence-electron chi connectivity index (χ4n) is 2.38. The van der Waals surface area contributed by atoms with Gasteiger partial charge in [-0.15, -0.1) is 10.2 Å². The van der Waals surface area contributed by atoms with E-state index in [2.05, 4.69) is 26.0 Å². The minimum atomic E-state index is -0.560. The number of nitrogens with zero attached hydrogens (tertiary/aromatic N) is 5. The molecule has 0 fully saturated rings. The van der Waals surface area contributed by atoms with Gasteiger partial charge in [-0.25, -0.2) is 10.1 Å². The molecule has 3 rings (SSSR count). The van der Waals surface area contributed by atoms with E-state index in [0.29, 0.717) is 0 Å². The minimum Gasteiger partial charge on any atom is -0.334 e. The molecule has 2 aromatic carbocycles. The smallest absolute Gasteiger partial charge is 0.292 e. The van der Waals surface area contributed by atoms with Crippen LogP contribution < -0.4 is 16.6 Å². The number of carbonyl (C=O) groups excluding carboxylic acids is 1. The molecule has 154 valence electrons. The average molecular weight is 426 g/mol. The van der Waals surface area contributed by atoms with Crippen molar-refractivity contribution in [3.05, 3.63) is 70.3 Å². The van der Waals surface area contributed by atoms with Gasteiger partial charge in [-0.1, -0.05) is 54.2 Å². The number of nitro groups is 1. The Kier molecular flexibility index (Phi) is 6.60. The van der Waals surface area contributed by atoms with Crippen LogP contribution in [0.4, 0.5) is 17.3 Å². The molecule has 0 aliphatic rings. The molecule has 1 heterocycles. The van der Waals surface area contributed by atoms with Gasteiger partial charge < -0.3 is 11.2 Å². The zero-order valence-corrected chi connectivity index (χ0v) is 16.7. The molecule has 4 N–H and O–H groups in total. The Morgan fingerprint density at radius 1 is 1.20 bits per heavy atom. The van der Waals surface area contributed by atoms with Gasteiger partial charge in [0.1, 0.15) is 5.69 Å². The Labute approximate surface area is 175 Å². The van der Waals surface area contributed by atoms with Crippen molar-refractivity contribution in [2.75, 3.05) is 22.3 Å². The Morgan fingerprint density at radius 3 is 2.63 bits per heavy atom. The number of anilines is 2. The number of amides is 1. The van der Waals surface area contributed by atoms with Gasteiger partial charge in [0.25, 0.3) is 11.6 Å². The van der Waals surface area contributed by atoms with Gasteiger partial charge in [-0.3, -0.25) is 14.9 Å². The minimum absolute atomic E-state index is 0.0618. The SMILES string of the molecule is C/C(=N\Nc1nnc(SCC(=O)Nc2ccccc2[N+](=O)[O-])n1N)c1ccccc1. The topological polar surface area (TPSA) is 153 Å². The summed E-state index contributed by atoms with van der Waals surface area (Å²) in [5.74, 6) is 5.65. The monoisotopic (exact) mass is 426 g/mol. The second-order valence-electron chi connectivity index (χ2n) is 5.96. The van der Waals surface area contributed by atoms with Crippen molar-refractivity contribution in [1.82, 2.24) is 14.9 Å². The maximum absolute atomic E-state index is 12.2. The first-order chi connectivity index (χ1) is 14.5. The molecule has 0 bridgehead atoms. The lowest BCUT2D eigenvalue weighted by Gasteiger charge is -2.06. The van der Waals surface area contributed by atoms with E-state index < -0.39 is 10.8 Å². The van der Waals surface area contributed by atoms with Crippen LogP contribution in [-0.4, -0.2) is 37.2 Å². The molecule has 1 aromatic heterocycles. The summed E-state index contributed by atoms with van der Waals surface area (Å²) in [5, 5.41) is 25.9. The summed E-state index contributed by atoms with van der Waals surface area (Å²) in [5.41, 5.74) is 4.35. The van der Waals surface area contributed by atoms with Crippen LogP contribution in [0.5, 0.6) is 0 Å². The number of aromatic nitrogens is 3. The second-order valence-corrected chi connectivity index (χ2v) is 6.90. The predicted octanol–water partition coefficient (Wildman–Crippen LogP) is 2.47. The van der Waals surface area contributed by atoms with E-state index in [-0.39, 0.29) is 28.2 Å². The van der Waals surface area contributed by atoms with Gasteiger partial charge in [0.05, 0.1) is 16.4 Å². The van der Waals surface area contributed by atoms with Gasteiger partial charge in [-0.05, 0) is 18.6 Å². The number of hydrazone groups is 1. The number of benzene rings is 2. The van der Waals surface area contributed by atoms with Crippen LogP contribution in [0, 0.1) is 10.1 Å². The van der Waals surface area contributed by atoms with Crippen molar-refractivity contribution in [2.24, 2.45) is 5.10 Å². The molecule has 30 heavy (non-hydrogen) atoms. The summed E-state index contributed by atoms with van der Waals surface area (Å²) in [6.07, 6.45) is 0. The molecule has 0 aliphatic heterocycles. The number of thioether (sulfide) groups is 1. The third-order valence-electron chi connectivity index (χ3n) is 3.89. The molecule has 11 nitrogen and oxygen atoms in total. The standard InChI is InChI=1S/C18H18N8O3S/c1-12(13-7-3-2-4-8-13)21-22-17-23-24-18(25(17)19)30-11-16(27)20-14-9-5-6-10-15(14)26(28)29/h2-10H,11,19H2,1H3,(H,20,27)(H,22,23)/b21-12+. The van der Waals surface area contributed by atoms with Crippen molar-refractivity contribution >= 4 is 40.7 Å². The van der Waals surface area contributed by atoms with E-state index in [1.54, 1.807) is 6.07 Å². The van der Waals surface area contributed by atoms with E-state index in [4.69, 9.17) is 5.84 Å².